The van der Waals surface area contributed by atoms with Gasteiger partial charge >= 0.3 is 0 Å². The molecule has 3 N–H and O–H groups in total. The van der Waals surface area contributed by atoms with Crippen LogP contribution in [-0.2, 0) is 11.3 Å². The average Bonchev–Trinajstić information content (AvgIpc) is 3.01. The van der Waals surface area contributed by atoms with Crippen molar-refractivity contribution in [2.75, 3.05) is 5.73 Å². The van der Waals surface area contributed by atoms with Gasteiger partial charge in [-0.25, -0.2) is 4.98 Å². The molecule has 0 spiro atoms. The van der Waals surface area contributed by atoms with Crippen molar-refractivity contribution in [3.63, 3.8) is 0 Å². The summed E-state index contributed by atoms with van der Waals surface area (Å²) in [4.78, 5) is 16.6. The van der Waals surface area contributed by atoms with Crippen LogP contribution in [0.15, 0.2) is 12.1 Å². The number of carbonyl (C=O) groups excluding carboxylic acids is 1. The van der Waals surface area contributed by atoms with Gasteiger partial charge in [-0.1, -0.05) is 12.8 Å². The number of fused-ring (bicyclic) bond motifs is 1. The summed E-state index contributed by atoms with van der Waals surface area (Å²) in [6.45, 7) is 4.35. The molecular formula is C16H22N4O. The lowest BCUT2D eigenvalue weighted by atomic mass is 10.1. The molecule has 112 valence electrons. The number of aromatic nitrogens is 2. The van der Waals surface area contributed by atoms with E-state index in [1.807, 2.05) is 6.07 Å². The van der Waals surface area contributed by atoms with E-state index >= 15 is 0 Å². The zero-order valence-electron chi connectivity index (χ0n) is 12.6. The summed E-state index contributed by atoms with van der Waals surface area (Å²) in [6.07, 6.45) is 4.59. The molecule has 5 heteroatoms. The summed E-state index contributed by atoms with van der Waals surface area (Å²) in [5, 5.41) is 3.09. The van der Waals surface area contributed by atoms with E-state index in [0.717, 1.165) is 23.9 Å². The highest BCUT2D eigenvalue weighted by molar-refractivity contribution is 5.84. The fraction of sp³-hybridized carbons (Fsp3) is 0.500. The van der Waals surface area contributed by atoms with E-state index in [-0.39, 0.29) is 12.5 Å². The van der Waals surface area contributed by atoms with E-state index in [9.17, 15) is 4.79 Å². The lowest BCUT2D eigenvalue weighted by molar-refractivity contribution is -0.122. The van der Waals surface area contributed by atoms with E-state index < -0.39 is 0 Å². The molecule has 0 radical (unpaired) electrons. The van der Waals surface area contributed by atoms with Crippen molar-refractivity contribution >= 4 is 22.9 Å². The zero-order chi connectivity index (χ0) is 15.0. The Labute approximate surface area is 124 Å². The van der Waals surface area contributed by atoms with Crippen LogP contribution in [0.1, 0.15) is 36.8 Å². The van der Waals surface area contributed by atoms with Crippen molar-refractivity contribution in [1.29, 1.82) is 0 Å². The molecule has 1 aromatic carbocycles. The van der Waals surface area contributed by atoms with Crippen molar-refractivity contribution in [2.24, 2.45) is 0 Å². The normalized spacial score (nSPS) is 15.7. The van der Waals surface area contributed by atoms with E-state index in [0.29, 0.717) is 12.0 Å². The number of rotatable bonds is 3. The second-order valence-electron chi connectivity index (χ2n) is 6.03. The molecule has 0 unspecified atom stereocenters. The number of aryl methyl sites for hydroxylation is 2. The van der Waals surface area contributed by atoms with Crippen molar-refractivity contribution in [3.05, 3.63) is 23.3 Å². The molecule has 1 aromatic heterocycles. The van der Waals surface area contributed by atoms with Crippen LogP contribution in [-0.4, -0.2) is 21.5 Å². The first-order valence-corrected chi connectivity index (χ1v) is 7.57. The minimum Gasteiger partial charge on any atom is -0.369 e. The minimum absolute atomic E-state index is 0.0196. The number of imidazole rings is 1. The molecule has 1 aliphatic carbocycles. The fourth-order valence-corrected chi connectivity index (χ4v) is 3.05. The van der Waals surface area contributed by atoms with Crippen LogP contribution in [0.3, 0.4) is 0 Å². The minimum atomic E-state index is 0.0196. The summed E-state index contributed by atoms with van der Waals surface area (Å²) in [6, 6.07) is 4.40. The Morgan fingerprint density at radius 2 is 2.00 bits per heavy atom. The molecule has 1 heterocycles. The Bertz CT molecular complexity index is 683. The van der Waals surface area contributed by atoms with E-state index in [1.165, 1.54) is 24.0 Å². The molecule has 3 rings (SSSR count). The second kappa shape index (κ2) is 5.39. The lowest BCUT2D eigenvalue weighted by Crippen LogP contribution is -2.35. The van der Waals surface area contributed by atoms with Crippen LogP contribution in [0.4, 0.5) is 5.95 Å². The highest BCUT2D eigenvalue weighted by atomic mass is 16.2. The molecule has 1 saturated carbocycles. The van der Waals surface area contributed by atoms with E-state index in [4.69, 9.17) is 5.73 Å². The molecule has 0 aliphatic heterocycles. The first-order valence-electron chi connectivity index (χ1n) is 7.57. The van der Waals surface area contributed by atoms with Gasteiger partial charge in [0.05, 0.1) is 11.0 Å². The van der Waals surface area contributed by atoms with E-state index in [2.05, 4.69) is 30.2 Å². The third kappa shape index (κ3) is 2.73. The quantitative estimate of drug-likeness (QED) is 0.909. The van der Waals surface area contributed by atoms with Crippen LogP contribution in [0, 0.1) is 13.8 Å². The van der Waals surface area contributed by atoms with Crippen LogP contribution in [0.2, 0.25) is 0 Å². The summed E-state index contributed by atoms with van der Waals surface area (Å²) >= 11 is 0. The fourth-order valence-electron chi connectivity index (χ4n) is 3.05. The Kier molecular flexibility index (Phi) is 3.57. The standard InChI is InChI=1S/C16H22N4O/c1-10-7-13-14(8-11(10)2)20(16(17)19-13)9-15(21)18-12-5-3-4-6-12/h7-8,12H,3-6,9H2,1-2H3,(H2,17,19)(H,18,21). The Balaban J connectivity index is 1.84. The number of nitrogens with zero attached hydrogens (tertiary/aromatic N) is 2. The van der Waals surface area contributed by atoms with Gasteiger partial charge in [-0.15, -0.1) is 0 Å². The van der Waals surface area contributed by atoms with Gasteiger partial charge in [-0.05, 0) is 49.9 Å². The number of nitrogens with two attached hydrogens (primary N) is 1. The first kappa shape index (κ1) is 13.9. The monoisotopic (exact) mass is 286 g/mol. The Morgan fingerprint density at radius 1 is 1.33 bits per heavy atom. The molecule has 0 bridgehead atoms. The number of benzene rings is 1. The number of nitrogens with one attached hydrogen (secondary N) is 1. The predicted molar refractivity (Wildman–Crippen MR) is 84.0 cm³/mol. The van der Waals surface area contributed by atoms with Crippen LogP contribution >= 0.6 is 0 Å². The molecule has 1 aliphatic rings. The van der Waals surface area contributed by atoms with Gasteiger partial charge in [-0.2, -0.15) is 0 Å². The first-order chi connectivity index (χ1) is 10.0. The largest absolute Gasteiger partial charge is 0.369 e. The highest BCUT2D eigenvalue weighted by Gasteiger charge is 2.18. The van der Waals surface area contributed by atoms with Gasteiger partial charge in [0.1, 0.15) is 6.54 Å². The number of amides is 1. The molecule has 0 saturated heterocycles. The smallest absolute Gasteiger partial charge is 0.240 e. The second-order valence-corrected chi connectivity index (χ2v) is 6.03. The maximum Gasteiger partial charge on any atom is 0.240 e. The van der Waals surface area contributed by atoms with Gasteiger partial charge in [-0.3, -0.25) is 4.79 Å². The van der Waals surface area contributed by atoms with Crippen molar-refractivity contribution in [3.8, 4) is 0 Å². The zero-order valence-corrected chi connectivity index (χ0v) is 12.6. The topological polar surface area (TPSA) is 72.9 Å². The maximum atomic E-state index is 12.2. The molecular weight excluding hydrogens is 264 g/mol. The van der Waals surface area contributed by atoms with Crippen molar-refractivity contribution < 1.29 is 4.79 Å². The maximum absolute atomic E-state index is 12.2. The Morgan fingerprint density at radius 3 is 2.71 bits per heavy atom. The van der Waals surface area contributed by atoms with Crippen LogP contribution in [0.5, 0.6) is 0 Å². The van der Waals surface area contributed by atoms with Gasteiger partial charge in [0, 0.05) is 6.04 Å². The Hall–Kier alpha value is -2.04. The third-order valence-corrected chi connectivity index (χ3v) is 4.42. The molecule has 21 heavy (non-hydrogen) atoms. The average molecular weight is 286 g/mol. The third-order valence-electron chi connectivity index (χ3n) is 4.42. The number of hydrogen-bond acceptors (Lipinski definition) is 3. The highest BCUT2D eigenvalue weighted by Crippen LogP contribution is 2.22. The molecule has 1 fully saturated rings. The number of nitrogen functional groups attached to an aromatic ring is 1. The van der Waals surface area contributed by atoms with Gasteiger partial charge in [0.2, 0.25) is 11.9 Å². The van der Waals surface area contributed by atoms with Crippen molar-refractivity contribution in [1.82, 2.24) is 14.9 Å². The molecule has 2 aromatic rings. The number of anilines is 1. The SMILES string of the molecule is Cc1cc2nc(N)n(CC(=O)NC3CCCC3)c2cc1C. The number of hydrogen-bond donors (Lipinski definition) is 2. The predicted octanol–water partition coefficient (Wildman–Crippen LogP) is 2.29. The van der Waals surface area contributed by atoms with Crippen molar-refractivity contribution in [2.45, 2.75) is 52.1 Å². The molecule has 0 atom stereocenters. The van der Waals surface area contributed by atoms with Gasteiger partial charge in [0.15, 0.2) is 0 Å². The van der Waals surface area contributed by atoms with E-state index in [1.54, 1.807) is 4.57 Å². The van der Waals surface area contributed by atoms with Crippen LogP contribution < -0.4 is 11.1 Å². The summed E-state index contributed by atoms with van der Waals surface area (Å²) < 4.78 is 1.80. The summed E-state index contributed by atoms with van der Waals surface area (Å²) in [5.74, 6) is 0.419. The summed E-state index contributed by atoms with van der Waals surface area (Å²) in [7, 11) is 0. The molecule has 5 nitrogen and oxygen atoms in total. The van der Waals surface area contributed by atoms with Crippen LogP contribution in [0.25, 0.3) is 11.0 Å². The lowest BCUT2D eigenvalue weighted by Gasteiger charge is -2.13. The van der Waals surface area contributed by atoms with Gasteiger partial charge < -0.3 is 15.6 Å². The van der Waals surface area contributed by atoms with Gasteiger partial charge in [0.25, 0.3) is 0 Å². The summed E-state index contributed by atoms with van der Waals surface area (Å²) in [5.41, 5.74) is 10.1. The molecule has 1 amide bonds. The number of carbonyl (C=O) groups is 1.